The first-order chi connectivity index (χ1) is 9.79. The largest absolute Gasteiger partial charge is 0.383 e. The van der Waals surface area contributed by atoms with Gasteiger partial charge in [-0.1, -0.05) is 31.5 Å². The molecule has 0 radical (unpaired) electrons. The number of aromatic nitrogens is 1. The Bertz CT molecular complexity index is 572. The molecule has 0 saturated carbocycles. The predicted molar refractivity (Wildman–Crippen MR) is 84.2 cm³/mol. The maximum Gasteiger partial charge on any atom is 0.250 e. The SMILES string of the molecule is CCCCc1ccc(NCCn2ccccc2=O)cc1. The molecule has 106 valence electrons. The van der Waals surface area contributed by atoms with E-state index in [0.29, 0.717) is 6.54 Å². The lowest BCUT2D eigenvalue weighted by atomic mass is 10.1. The van der Waals surface area contributed by atoms with E-state index in [9.17, 15) is 4.79 Å². The van der Waals surface area contributed by atoms with E-state index in [1.165, 1.54) is 18.4 Å². The van der Waals surface area contributed by atoms with Crippen LogP contribution in [0, 0.1) is 0 Å². The molecule has 0 spiro atoms. The Labute approximate surface area is 120 Å². The number of benzene rings is 1. The van der Waals surface area contributed by atoms with E-state index in [1.807, 2.05) is 12.3 Å². The number of rotatable bonds is 7. The van der Waals surface area contributed by atoms with Crippen molar-refractivity contribution < 1.29 is 0 Å². The molecule has 1 aromatic carbocycles. The molecule has 0 aliphatic rings. The van der Waals surface area contributed by atoms with E-state index < -0.39 is 0 Å². The minimum Gasteiger partial charge on any atom is -0.383 e. The van der Waals surface area contributed by atoms with Gasteiger partial charge in [-0.3, -0.25) is 4.79 Å². The Hall–Kier alpha value is -2.03. The third-order valence-electron chi connectivity index (χ3n) is 3.35. The second-order valence-corrected chi connectivity index (χ2v) is 4.96. The van der Waals surface area contributed by atoms with E-state index in [1.54, 1.807) is 16.7 Å². The molecule has 1 aromatic heterocycles. The van der Waals surface area contributed by atoms with E-state index in [-0.39, 0.29) is 5.56 Å². The summed E-state index contributed by atoms with van der Waals surface area (Å²) in [5, 5.41) is 3.34. The minimum atomic E-state index is 0.0456. The van der Waals surface area contributed by atoms with Gasteiger partial charge in [-0.2, -0.15) is 0 Å². The number of nitrogens with zero attached hydrogens (tertiary/aromatic N) is 1. The number of hydrogen-bond acceptors (Lipinski definition) is 2. The van der Waals surface area contributed by atoms with Crippen LogP contribution in [0.1, 0.15) is 25.3 Å². The first kappa shape index (κ1) is 14.4. The van der Waals surface area contributed by atoms with Gasteiger partial charge in [-0.15, -0.1) is 0 Å². The monoisotopic (exact) mass is 270 g/mol. The molecule has 0 amide bonds. The van der Waals surface area contributed by atoms with Crippen molar-refractivity contribution in [3.8, 4) is 0 Å². The van der Waals surface area contributed by atoms with Crippen LogP contribution in [0.5, 0.6) is 0 Å². The molecule has 1 heterocycles. The number of hydrogen-bond donors (Lipinski definition) is 1. The van der Waals surface area contributed by atoms with Gasteiger partial charge in [-0.05, 0) is 36.6 Å². The molecule has 0 atom stereocenters. The molecule has 0 aliphatic heterocycles. The Morgan fingerprint density at radius 3 is 2.60 bits per heavy atom. The molecular weight excluding hydrogens is 248 g/mol. The first-order valence-electron chi connectivity index (χ1n) is 7.28. The van der Waals surface area contributed by atoms with Crippen molar-refractivity contribution in [3.63, 3.8) is 0 Å². The maximum absolute atomic E-state index is 11.5. The Balaban J connectivity index is 1.82. The number of unbranched alkanes of at least 4 members (excludes halogenated alkanes) is 1. The van der Waals surface area contributed by atoms with Gasteiger partial charge in [0.05, 0.1) is 0 Å². The number of pyridine rings is 1. The number of aryl methyl sites for hydroxylation is 1. The van der Waals surface area contributed by atoms with E-state index in [4.69, 9.17) is 0 Å². The summed E-state index contributed by atoms with van der Waals surface area (Å²) >= 11 is 0. The van der Waals surface area contributed by atoms with Gasteiger partial charge in [0, 0.05) is 31.0 Å². The molecule has 2 aromatic rings. The predicted octanol–water partition coefficient (Wildman–Crippen LogP) is 3.30. The highest BCUT2D eigenvalue weighted by atomic mass is 16.1. The summed E-state index contributed by atoms with van der Waals surface area (Å²) in [6.45, 7) is 3.64. The zero-order valence-corrected chi connectivity index (χ0v) is 12.0. The van der Waals surface area contributed by atoms with Crippen LogP contribution < -0.4 is 10.9 Å². The van der Waals surface area contributed by atoms with Crippen molar-refractivity contribution in [2.24, 2.45) is 0 Å². The van der Waals surface area contributed by atoms with Crippen molar-refractivity contribution in [2.75, 3.05) is 11.9 Å². The van der Waals surface area contributed by atoms with Gasteiger partial charge >= 0.3 is 0 Å². The summed E-state index contributed by atoms with van der Waals surface area (Å²) in [5.41, 5.74) is 2.54. The van der Waals surface area contributed by atoms with Gasteiger partial charge < -0.3 is 9.88 Å². The zero-order chi connectivity index (χ0) is 14.2. The normalized spacial score (nSPS) is 10.4. The molecule has 3 heteroatoms. The molecule has 0 aliphatic carbocycles. The van der Waals surface area contributed by atoms with Crippen LogP contribution in [0.25, 0.3) is 0 Å². The fourth-order valence-electron chi connectivity index (χ4n) is 2.14. The summed E-state index contributed by atoms with van der Waals surface area (Å²) in [4.78, 5) is 11.5. The van der Waals surface area contributed by atoms with Crippen molar-refractivity contribution >= 4 is 5.69 Å². The van der Waals surface area contributed by atoms with Gasteiger partial charge in [0.15, 0.2) is 0 Å². The third-order valence-corrected chi connectivity index (χ3v) is 3.35. The van der Waals surface area contributed by atoms with Gasteiger partial charge in [-0.25, -0.2) is 0 Å². The van der Waals surface area contributed by atoms with Crippen LogP contribution in [-0.2, 0) is 13.0 Å². The van der Waals surface area contributed by atoms with Crippen LogP contribution in [-0.4, -0.2) is 11.1 Å². The molecule has 2 rings (SSSR count). The van der Waals surface area contributed by atoms with E-state index >= 15 is 0 Å². The molecule has 0 bridgehead atoms. The lowest BCUT2D eigenvalue weighted by Gasteiger charge is -2.09. The average molecular weight is 270 g/mol. The minimum absolute atomic E-state index is 0.0456. The van der Waals surface area contributed by atoms with Crippen molar-refractivity contribution in [2.45, 2.75) is 32.7 Å². The van der Waals surface area contributed by atoms with Crippen LogP contribution in [0.15, 0.2) is 53.5 Å². The lowest BCUT2D eigenvalue weighted by molar-refractivity contribution is 0.697. The topological polar surface area (TPSA) is 34.0 Å². The average Bonchev–Trinajstić information content (AvgIpc) is 2.48. The van der Waals surface area contributed by atoms with Crippen LogP contribution in [0.3, 0.4) is 0 Å². The third kappa shape index (κ3) is 4.26. The van der Waals surface area contributed by atoms with Gasteiger partial charge in [0.2, 0.25) is 0 Å². The fourth-order valence-corrected chi connectivity index (χ4v) is 2.14. The van der Waals surface area contributed by atoms with Gasteiger partial charge in [0.1, 0.15) is 0 Å². The summed E-state index contributed by atoms with van der Waals surface area (Å²) in [6.07, 6.45) is 5.43. The summed E-state index contributed by atoms with van der Waals surface area (Å²) < 4.78 is 1.71. The van der Waals surface area contributed by atoms with Crippen molar-refractivity contribution in [1.29, 1.82) is 0 Å². The highest BCUT2D eigenvalue weighted by molar-refractivity contribution is 5.44. The Morgan fingerprint density at radius 2 is 1.90 bits per heavy atom. The molecule has 1 N–H and O–H groups in total. The fraction of sp³-hybridized carbons (Fsp3) is 0.353. The smallest absolute Gasteiger partial charge is 0.250 e. The van der Waals surface area contributed by atoms with E-state index in [0.717, 1.165) is 18.7 Å². The molecule has 0 unspecified atom stereocenters. The van der Waals surface area contributed by atoms with Crippen molar-refractivity contribution in [3.05, 3.63) is 64.6 Å². The number of anilines is 1. The lowest BCUT2D eigenvalue weighted by Crippen LogP contribution is -2.21. The molecular formula is C17H22N2O. The highest BCUT2D eigenvalue weighted by Crippen LogP contribution is 2.11. The Kier molecular flexibility index (Phi) is 5.42. The van der Waals surface area contributed by atoms with Crippen LogP contribution in [0.2, 0.25) is 0 Å². The quantitative estimate of drug-likeness (QED) is 0.837. The molecule has 3 nitrogen and oxygen atoms in total. The van der Waals surface area contributed by atoms with E-state index in [2.05, 4.69) is 36.5 Å². The summed E-state index contributed by atoms with van der Waals surface area (Å²) in [7, 11) is 0. The second-order valence-electron chi connectivity index (χ2n) is 4.96. The zero-order valence-electron chi connectivity index (χ0n) is 12.0. The second kappa shape index (κ2) is 7.53. The highest BCUT2D eigenvalue weighted by Gasteiger charge is 1.96. The standard InChI is InChI=1S/C17H22N2O/c1-2-3-6-15-8-10-16(11-9-15)18-12-14-19-13-5-4-7-17(19)20/h4-5,7-11,13,18H,2-3,6,12,14H2,1H3. The maximum atomic E-state index is 11.5. The summed E-state index contributed by atoms with van der Waals surface area (Å²) in [6, 6.07) is 13.8. The molecule has 0 saturated heterocycles. The molecule has 20 heavy (non-hydrogen) atoms. The summed E-state index contributed by atoms with van der Waals surface area (Å²) in [5.74, 6) is 0. The Morgan fingerprint density at radius 1 is 1.10 bits per heavy atom. The van der Waals surface area contributed by atoms with Gasteiger partial charge in [0.25, 0.3) is 5.56 Å². The number of nitrogens with one attached hydrogen (secondary N) is 1. The van der Waals surface area contributed by atoms with Crippen molar-refractivity contribution in [1.82, 2.24) is 4.57 Å². The van der Waals surface area contributed by atoms with Crippen LogP contribution >= 0.6 is 0 Å². The molecule has 0 fully saturated rings. The van der Waals surface area contributed by atoms with Crippen LogP contribution in [0.4, 0.5) is 5.69 Å². The first-order valence-corrected chi connectivity index (χ1v) is 7.28.